The van der Waals surface area contributed by atoms with Crippen LogP contribution in [-0.4, -0.2) is 48.1 Å². The highest BCUT2D eigenvalue weighted by molar-refractivity contribution is 7.13. The number of anilines is 2. The molecular formula is C15H16N4O3S. The molecule has 1 saturated heterocycles. The number of carbonyl (C=O) groups is 2. The Hall–Kier alpha value is -2.45. The van der Waals surface area contributed by atoms with Gasteiger partial charge in [0, 0.05) is 35.9 Å². The molecule has 0 spiro atoms. The van der Waals surface area contributed by atoms with Crippen molar-refractivity contribution in [3.63, 3.8) is 0 Å². The maximum Gasteiger partial charge on any atom is 0.321 e. The van der Waals surface area contributed by atoms with Gasteiger partial charge in [0.1, 0.15) is 0 Å². The van der Waals surface area contributed by atoms with Crippen LogP contribution in [0.5, 0.6) is 0 Å². The zero-order valence-corrected chi connectivity index (χ0v) is 13.1. The highest BCUT2D eigenvalue weighted by Crippen LogP contribution is 2.15. The van der Waals surface area contributed by atoms with Gasteiger partial charge in [-0.3, -0.25) is 10.1 Å². The summed E-state index contributed by atoms with van der Waals surface area (Å²) >= 11 is 1.36. The van der Waals surface area contributed by atoms with Crippen molar-refractivity contribution in [1.82, 2.24) is 9.88 Å². The van der Waals surface area contributed by atoms with Gasteiger partial charge in [-0.25, -0.2) is 9.78 Å². The van der Waals surface area contributed by atoms with Crippen LogP contribution in [0.15, 0.2) is 35.8 Å². The van der Waals surface area contributed by atoms with Gasteiger partial charge in [-0.15, -0.1) is 11.3 Å². The third-order valence-corrected chi connectivity index (χ3v) is 4.04. The van der Waals surface area contributed by atoms with Gasteiger partial charge >= 0.3 is 6.03 Å². The van der Waals surface area contributed by atoms with Crippen molar-refractivity contribution in [2.24, 2.45) is 0 Å². The number of rotatable bonds is 3. The van der Waals surface area contributed by atoms with Crippen LogP contribution in [0.1, 0.15) is 10.4 Å². The highest BCUT2D eigenvalue weighted by Gasteiger charge is 2.16. The first-order valence-electron chi connectivity index (χ1n) is 7.17. The lowest BCUT2D eigenvalue weighted by molar-refractivity contribution is 0.0564. The van der Waals surface area contributed by atoms with E-state index >= 15 is 0 Å². The van der Waals surface area contributed by atoms with Crippen LogP contribution in [0.2, 0.25) is 0 Å². The molecule has 0 aliphatic carbocycles. The average molecular weight is 332 g/mol. The van der Waals surface area contributed by atoms with Gasteiger partial charge < -0.3 is 15.0 Å². The molecule has 23 heavy (non-hydrogen) atoms. The van der Waals surface area contributed by atoms with Crippen LogP contribution < -0.4 is 10.6 Å². The molecule has 2 aromatic rings. The quantitative estimate of drug-likeness (QED) is 0.903. The van der Waals surface area contributed by atoms with Crippen LogP contribution in [0, 0.1) is 0 Å². The molecule has 8 heteroatoms. The van der Waals surface area contributed by atoms with Gasteiger partial charge in [0.05, 0.1) is 13.2 Å². The number of thiazole rings is 1. The Morgan fingerprint density at radius 1 is 1.13 bits per heavy atom. The molecule has 3 rings (SSSR count). The summed E-state index contributed by atoms with van der Waals surface area (Å²) in [6, 6.07) is 6.58. The molecule has 120 valence electrons. The molecule has 1 fully saturated rings. The third kappa shape index (κ3) is 4.05. The second kappa shape index (κ2) is 7.21. The average Bonchev–Trinajstić information content (AvgIpc) is 3.09. The standard InChI is InChI=1S/C15H16N4O3S/c20-13(18-14-16-5-10-23-14)11-1-3-12(4-2-11)17-15(21)19-6-8-22-9-7-19/h1-5,10H,6-9H2,(H,17,21)(H,16,18,20). The number of hydrogen-bond donors (Lipinski definition) is 2. The van der Waals surface area contributed by atoms with Gasteiger partial charge in [-0.2, -0.15) is 0 Å². The number of ether oxygens (including phenoxy) is 1. The molecular weight excluding hydrogens is 316 g/mol. The van der Waals surface area contributed by atoms with Crippen LogP contribution in [0.3, 0.4) is 0 Å². The van der Waals surface area contributed by atoms with Crippen molar-refractivity contribution in [2.75, 3.05) is 36.9 Å². The van der Waals surface area contributed by atoms with E-state index in [1.165, 1.54) is 11.3 Å². The van der Waals surface area contributed by atoms with Crippen molar-refractivity contribution in [2.45, 2.75) is 0 Å². The second-order valence-corrected chi connectivity index (χ2v) is 5.79. The second-order valence-electron chi connectivity index (χ2n) is 4.90. The monoisotopic (exact) mass is 332 g/mol. The molecule has 1 aromatic carbocycles. The smallest absolute Gasteiger partial charge is 0.321 e. The first-order chi connectivity index (χ1) is 11.2. The molecule has 1 aliphatic heterocycles. The molecule has 0 radical (unpaired) electrons. The number of morpholine rings is 1. The van der Waals surface area contributed by atoms with E-state index in [2.05, 4.69) is 15.6 Å². The molecule has 0 unspecified atom stereocenters. The Balaban J connectivity index is 1.58. The van der Waals surface area contributed by atoms with Crippen LogP contribution in [0.4, 0.5) is 15.6 Å². The number of nitrogens with zero attached hydrogens (tertiary/aromatic N) is 2. The van der Waals surface area contributed by atoms with Gasteiger partial charge in [0.25, 0.3) is 5.91 Å². The summed E-state index contributed by atoms with van der Waals surface area (Å²) in [6.07, 6.45) is 1.63. The Bertz CT molecular complexity index is 667. The van der Waals surface area contributed by atoms with Gasteiger partial charge in [-0.05, 0) is 24.3 Å². The van der Waals surface area contributed by atoms with E-state index < -0.39 is 0 Å². The molecule has 3 amide bonds. The van der Waals surface area contributed by atoms with E-state index in [-0.39, 0.29) is 11.9 Å². The first-order valence-corrected chi connectivity index (χ1v) is 8.05. The SMILES string of the molecule is O=C(Nc1nccs1)c1ccc(NC(=O)N2CCOCC2)cc1. The maximum absolute atomic E-state index is 12.1. The van der Waals surface area contributed by atoms with Crippen molar-refractivity contribution >= 4 is 34.1 Å². The van der Waals surface area contributed by atoms with Crippen LogP contribution in [-0.2, 0) is 4.74 Å². The highest BCUT2D eigenvalue weighted by atomic mass is 32.1. The van der Waals surface area contributed by atoms with E-state index in [0.29, 0.717) is 42.7 Å². The number of urea groups is 1. The van der Waals surface area contributed by atoms with Crippen molar-refractivity contribution in [3.05, 3.63) is 41.4 Å². The van der Waals surface area contributed by atoms with E-state index in [1.807, 2.05) is 0 Å². The number of hydrogen-bond acceptors (Lipinski definition) is 5. The Morgan fingerprint density at radius 3 is 2.52 bits per heavy atom. The molecule has 2 heterocycles. The fraction of sp³-hybridized carbons (Fsp3) is 0.267. The fourth-order valence-corrected chi connectivity index (χ4v) is 2.65. The van der Waals surface area contributed by atoms with Crippen molar-refractivity contribution in [1.29, 1.82) is 0 Å². The minimum atomic E-state index is -0.231. The minimum Gasteiger partial charge on any atom is -0.378 e. The lowest BCUT2D eigenvalue weighted by atomic mass is 10.2. The van der Waals surface area contributed by atoms with E-state index in [1.54, 1.807) is 40.7 Å². The summed E-state index contributed by atoms with van der Waals surface area (Å²) in [4.78, 5) is 29.8. The van der Waals surface area contributed by atoms with Crippen LogP contribution in [0.25, 0.3) is 0 Å². The molecule has 0 atom stereocenters. The summed E-state index contributed by atoms with van der Waals surface area (Å²) in [7, 11) is 0. The zero-order chi connectivity index (χ0) is 16.1. The molecule has 7 nitrogen and oxygen atoms in total. The van der Waals surface area contributed by atoms with E-state index in [0.717, 1.165) is 0 Å². The summed E-state index contributed by atoms with van der Waals surface area (Å²) in [5.41, 5.74) is 1.15. The first kappa shape index (κ1) is 15.4. The minimum absolute atomic E-state index is 0.159. The van der Waals surface area contributed by atoms with Crippen molar-refractivity contribution in [3.8, 4) is 0 Å². The number of nitrogens with one attached hydrogen (secondary N) is 2. The van der Waals surface area contributed by atoms with Gasteiger partial charge in [-0.1, -0.05) is 0 Å². The summed E-state index contributed by atoms with van der Waals surface area (Å²) in [5, 5.41) is 7.87. The zero-order valence-electron chi connectivity index (χ0n) is 12.3. The molecule has 2 N–H and O–H groups in total. The number of aromatic nitrogens is 1. The lowest BCUT2D eigenvalue weighted by Crippen LogP contribution is -2.43. The number of amides is 3. The Morgan fingerprint density at radius 2 is 1.87 bits per heavy atom. The third-order valence-electron chi connectivity index (χ3n) is 3.35. The van der Waals surface area contributed by atoms with Crippen molar-refractivity contribution < 1.29 is 14.3 Å². The van der Waals surface area contributed by atoms with E-state index in [4.69, 9.17) is 4.74 Å². The molecule has 0 bridgehead atoms. The predicted molar refractivity (Wildman–Crippen MR) is 87.9 cm³/mol. The topological polar surface area (TPSA) is 83.6 Å². The van der Waals surface area contributed by atoms with Gasteiger partial charge in [0.2, 0.25) is 0 Å². The summed E-state index contributed by atoms with van der Waals surface area (Å²) < 4.78 is 5.21. The normalized spacial score (nSPS) is 14.3. The number of benzene rings is 1. The molecule has 1 aliphatic rings. The predicted octanol–water partition coefficient (Wildman–Crippen LogP) is 2.26. The van der Waals surface area contributed by atoms with Crippen LogP contribution >= 0.6 is 11.3 Å². The van der Waals surface area contributed by atoms with E-state index in [9.17, 15) is 9.59 Å². The Labute approximate surface area is 137 Å². The summed E-state index contributed by atoms with van der Waals surface area (Å²) in [5.74, 6) is -0.231. The number of carbonyl (C=O) groups excluding carboxylic acids is 2. The fourth-order valence-electron chi connectivity index (χ4n) is 2.13. The summed E-state index contributed by atoms with van der Waals surface area (Å²) in [6.45, 7) is 2.28. The largest absolute Gasteiger partial charge is 0.378 e. The van der Waals surface area contributed by atoms with Gasteiger partial charge in [0.15, 0.2) is 5.13 Å². The lowest BCUT2D eigenvalue weighted by Gasteiger charge is -2.26. The Kier molecular flexibility index (Phi) is 4.84. The maximum atomic E-state index is 12.1. The molecule has 1 aromatic heterocycles. The molecule has 0 saturated carbocycles.